The molecule has 5 nitrogen and oxygen atoms in total. The Bertz CT molecular complexity index is 1870. The average Bonchev–Trinajstić information content (AvgIpc) is 3.06. The topological polar surface area (TPSA) is 101 Å². The van der Waals surface area contributed by atoms with E-state index in [1.165, 1.54) is 19.3 Å². The van der Waals surface area contributed by atoms with Crippen molar-refractivity contribution in [3.05, 3.63) is 146 Å². The van der Waals surface area contributed by atoms with Crippen molar-refractivity contribution >= 4 is 0 Å². The van der Waals surface area contributed by atoms with E-state index in [1.807, 2.05) is 62.4 Å². The summed E-state index contributed by atoms with van der Waals surface area (Å²) < 4.78 is 0. The van der Waals surface area contributed by atoms with Crippen molar-refractivity contribution in [1.29, 1.82) is 0 Å². The molecule has 0 unspecified atom stereocenters. The number of hydrogen-bond acceptors (Lipinski definition) is 5. The van der Waals surface area contributed by atoms with E-state index in [9.17, 15) is 25.5 Å². The van der Waals surface area contributed by atoms with Gasteiger partial charge in [0.15, 0.2) is 0 Å². The van der Waals surface area contributed by atoms with Crippen LogP contribution in [0.3, 0.4) is 0 Å². The van der Waals surface area contributed by atoms with Crippen LogP contribution in [0.2, 0.25) is 0 Å². The van der Waals surface area contributed by atoms with Crippen LogP contribution in [0.1, 0.15) is 99.2 Å². The Labute approximate surface area is 277 Å². The summed E-state index contributed by atoms with van der Waals surface area (Å²) in [5, 5.41) is 53.3. The number of benzene rings is 5. The summed E-state index contributed by atoms with van der Waals surface area (Å²) in [4.78, 5) is 0. The van der Waals surface area contributed by atoms with E-state index in [0.29, 0.717) is 37.4 Å². The van der Waals surface area contributed by atoms with Crippen LogP contribution in [-0.2, 0) is 25.7 Å². The largest absolute Gasteiger partial charge is 0.508 e. The van der Waals surface area contributed by atoms with Crippen molar-refractivity contribution in [2.75, 3.05) is 0 Å². The summed E-state index contributed by atoms with van der Waals surface area (Å²) in [6, 6.07) is 26.5. The van der Waals surface area contributed by atoms with Gasteiger partial charge in [-0.1, -0.05) is 79.9 Å². The maximum absolute atomic E-state index is 12.0. The Morgan fingerprint density at radius 3 is 1.45 bits per heavy atom. The molecule has 5 aromatic rings. The highest BCUT2D eigenvalue weighted by molar-refractivity contribution is 5.54. The lowest BCUT2D eigenvalue weighted by molar-refractivity contribution is 0.411. The minimum absolute atomic E-state index is 0.208. The fourth-order valence-corrected chi connectivity index (χ4v) is 7.23. The minimum Gasteiger partial charge on any atom is -0.508 e. The monoisotopic (exact) mass is 628 g/mol. The molecule has 0 spiro atoms. The lowest BCUT2D eigenvalue weighted by Crippen LogP contribution is -2.08. The highest BCUT2D eigenvalue weighted by Gasteiger charge is 2.23. The van der Waals surface area contributed by atoms with Gasteiger partial charge in [0, 0.05) is 24.8 Å². The standard InChI is InChI=1S/C42H44O5/c1-26-18-30(23-34(40(26)45)20-28-8-13-36(43)14-9-28)22-33-12-17-38(32-6-4-3-5-7-32)42(47)39(33)25-31-19-27(2)41(46)35(24-31)21-29-10-15-37(44)16-11-29/h8-19,23-24,32,43-47H,3-7,20-22,25H2,1-2H3. The molecule has 1 aliphatic carbocycles. The molecule has 6 rings (SSSR count). The molecular weight excluding hydrogens is 584 g/mol. The molecule has 0 bridgehead atoms. The van der Waals surface area contributed by atoms with Crippen LogP contribution in [0.15, 0.2) is 84.9 Å². The zero-order valence-electron chi connectivity index (χ0n) is 27.3. The first kappa shape index (κ1) is 32.1. The molecule has 1 saturated carbocycles. The number of rotatable bonds is 9. The van der Waals surface area contributed by atoms with Gasteiger partial charge in [-0.3, -0.25) is 0 Å². The third-order valence-corrected chi connectivity index (χ3v) is 9.77. The molecular formula is C42H44O5. The molecule has 242 valence electrons. The van der Waals surface area contributed by atoms with Crippen LogP contribution in [0.4, 0.5) is 0 Å². The van der Waals surface area contributed by atoms with Crippen molar-refractivity contribution in [3.63, 3.8) is 0 Å². The quantitative estimate of drug-likeness (QED) is 0.112. The fourth-order valence-electron chi connectivity index (χ4n) is 7.23. The van der Waals surface area contributed by atoms with Crippen LogP contribution in [-0.4, -0.2) is 25.5 Å². The van der Waals surface area contributed by atoms with Crippen molar-refractivity contribution in [3.8, 4) is 28.7 Å². The van der Waals surface area contributed by atoms with Crippen LogP contribution >= 0.6 is 0 Å². The molecule has 0 aliphatic heterocycles. The van der Waals surface area contributed by atoms with Crippen molar-refractivity contribution in [1.82, 2.24) is 0 Å². The van der Waals surface area contributed by atoms with E-state index >= 15 is 0 Å². The Morgan fingerprint density at radius 2 is 0.936 bits per heavy atom. The van der Waals surface area contributed by atoms with Gasteiger partial charge in [0.1, 0.15) is 28.7 Å². The van der Waals surface area contributed by atoms with E-state index in [1.54, 1.807) is 24.3 Å². The lowest BCUT2D eigenvalue weighted by Gasteiger charge is -2.25. The summed E-state index contributed by atoms with van der Waals surface area (Å²) in [7, 11) is 0. The van der Waals surface area contributed by atoms with Gasteiger partial charge < -0.3 is 25.5 Å². The van der Waals surface area contributed by atoms with E-state index in [2.05, 4.69) is 12.1 Å². The fraction of sp³-hybridized carbons (Fsp3) is 0.286. The zero-order valence-corrected chi connectivity index (χ0v) is 27.3. The third kappa shape index (κ3) is 7.41. The van der Waals surface area contributed by atoms with Gasteiger partial charge in [0.25, 0.3) is 0 Å². The second-order valence-electron chi connectivity index (χ2n) is 13.4. The van der Waals surface area contributed by atoms with E-state index < -0.39 is 0 Å². The highest BCUT2D eigenvalue weighted by Crippen LogP contribution is 2.41. The van der Waals surface area contributed by atoms with Crippen LogP contribution in [0, 0.1) is 13.8 Å². The number of phenols is 5. The number of hydrogen-bond donors (Lipinski definition) is 5. The minimum atomic E-state index is 0.208. The molecule has 1 fully saturated rings. The summed E-state index contributed by atoms with van der Waals surface area (Å²) in [5.74, 6) is 1.68. The van der Waals surface area contributed by atoms with Gasteiger partial charge in [-0.2, -0.15) is 0 Å². The second-order valence-corrected chi connectivity index (χ2v) is 13.4. The highest BCUT2D eigenvalue weighted by atomic mass is 16.3. The summed E-state index contributed by atoms with van der Waals surface area (Å²) >= 11 is 0. The summed E-state index contributed by atoms with van der Waals surface area (Å²) in [6.07, 6.45) is 7.93. The van der Waals surface area contributed by atoms with Crippen molar-refractivity contribution in [2.24, 2.45) is 0 Å². The first-order valence-corrected chi connectivity index (χ1v) is 16.7. The zero-order chi connectivity index (χ0) is 33.1. The second kappa shape index (κ2) is 13.8. The van der Waals surface area contributed by atoms with Gasteiger partial charge in [0.05, 0.1) is 0 Å². The Morgan fingerprint density at radius 1 is 0.468 bits per heavy atom. The Balaban J connectivity index is 1.37. The first-order chi connectivity index (χ1) is 22.6. The lowest BCUT2D eigenvalue weighted by atomic mass is 9.81. The molecule has 5 heteroatoms. The van der Waals surface area contributed by atoms with Gasteiger partial charge in [-0.25, -0.2) is 0 Å². The molecule has 5 N–H and O–H groups in total. The van der Waals surface area contributed by atoms with E-state index in [0.717, 1.165) is 74.0 Å². The molecule has 0 atom stereocenters. The van der Waals surface area contributed by atoms with Gasteiger partial charge in [-0.05, 0) is 119 Å². The summed E-state index contributed by atoms with van der Waals surface area (Å²) in [5.41, 5.74) is 10.2. The van der Waals surface area contributed by atoms with E-state index in [-0.39, 0.29) is 23.0 Å². The SMILES string of the molecule is Cc1cc(Cc2ccc(C3CCCCC3)c(O)c2Cc2cc(C)c(O)c(Cc3ccc(O)cc3)c2)cc(Cc2ccc(O)cc2)c1O. The summed E-state index contributed by atoms with van der Waals surface area (Å²) in [6.45, 7) is 3.83. The molecule has 0 saturated heterocycles. The molecule has 0 aromatic heterocycles. The van der Waals surface area contributed by atoms with Crippen LogP contribution in [0.25, 0.3) is 0 Å². The predicted molar refractivity (Wildman–Crippen MR) is 187 cm³/mol. The molecule has 0 amide bonds. The van der Waals surface area contributed by atoms with Crippen molar-refractivity contribution < 1.29 is 25.5 Å². The first-order valence-electron chi connectivity index (χ1n) is 16.7. The van der Waals surface area contributed by atoms with Gasteiger partial charge in [-0.15, -0.1) is 0 Å². The Kier molecular flexibility index (Phi) is 9.44. The Hall–Kier alpha value is -4.90. The normalized spacial score (nSPS) is 13.6. The number of aryl methyl sites for hydroxylation is 2. The predicted octanol–water partition coefficient (Wildman–Crippen LogP) is 9.24. The molecule has 47 heavy (non-hydrogen) atoms. The van der Waals surface area contributed by atoms with E-state index in [4.69, 9.17) is 0 Å². The van der Waals surface area contributed by atoms with Gasteiger partial charge >= 0.3 is 0 Å². The molecule has 0 heterocycles. The van der Waals surface area contributed by atoms with Crippen LogP contribution < -0.4 is 0 Å². The molecule has 0 radical (unpaired) electrons. The van der Waals surface area contributed by atoms with Gasteiger partial charge in [0.2, 0.25) is 0 Å². The number of aromatic hydroxyl groups is 5. The average molecular weight is 629 g/mol. The van der Waals surface area contributed by atoms with Crippen LogP contribution in [0.5, 0.6) is 28.7 Å². The maximum atomic E-state index is 12.0. The smallest absolute Gasteiger partial charge is 0.122 e. The third-order valence-electron chi connectivity index (χ3n) is 9.77. The molecule has 1 aliphatic rings. The molecule has 5 aromatic carbocycles. The van der Waals surface area contributed by atoms with Crippen molar-refractivity contribution in [2.45, 2.75) is 77.6 Å². The number of phenolic OH excluding ortho intramolecular Hbond substituents is 5. The maximum Gasteiger partial charge on any atom is 0.122 e.